The van der Waals surface area contributed by atoms with E-state index in [9.17, 15) is 22.4 Å². The zero-order valence-electron chi connectivity index (χ0n) is 14.6. The number of amides is 1. The maximum absolute atomic E-state index is 14.0. The fourth-order valence-electron chi connectivity index (χ4n) is 2.50. The summed E-state index contributed by atoms with van der Waals surface area (Å²) in [7, 11) is -3.87. The summed E-state index contributed by atoms with van der Waals surface area (Å²) in [6.45, 7) is 1.07. The topological polar surface area (TPSA) is 105 Å². The largest absolute Gasteiger partial charge is 0.315 e. The summed E-state index contributed by atoms with van der Waals surface area (Å²) in [5.41, 5.74) is 1.38. The highest BCUT2D eigenvalue weighted by molar-refractivity contribution is 7.92. The first-order valence-electron chi connectivity index (χ1n) is 7.79. The second-order valence-corrected chi connectivity index (χ2v) is 9.15. The number of hydrogen-bond acceptors (Lipinski definition) is 5. The Bertz CT molecular complexity index is 1040. The van der Waals surface area contributed by atoms with Crippen LogP contribution < -0.4 is 11.0 Å². The summed E-state index contributed by atoms with van der Waals surface area (Å²) >= 11 is 5.71. The Labute approximate surface area is 160 Å². The molecule has 1 heterocycles. The molecule has 0 fully saturated rings. The number of rotatable bonds is 6. The standard InChI is InChI=1S/C17H18ClFN2O5S/c1-17(16(23)20-24,27(2,25)26)6-8-21-7-5-11(9-15(21)22)13-4-3-12(18)10-14(13)19/h3-5,7,9-10,24H,6,8H2,1-2H3,(H,20,23)/t17-/m1/s1. The smallest absolute Gasteiger partial charge is 0.264 e. The van der Waals surface area contributed by atoms with Crippen molar-refractivity contribution >= 4 is 27.3 Å². The second-order valence-electron chi connectivity index (χ2n) is 6.27. The fraction of sp³-hybridized carbons (Fsp3) is 0.294. The third kappa shape index (κ3) is 4.37. The molecule has 1 aromatic carbocycles. The van der Waals surface area contributed by atoms with E-state index in [0.29, 0.717) is 5.56 Å². The number of aryl methyl sites for hydroxylation is 1. The Hall–Kier alpha value is -2.23. The van der Waals surface area contributed by atoms with Gasteiger partial charge in [-0.2, -0.15) is 0 Å². The Balaban J connectivity index is 2.31. The number of halogens is 2. The molecule has 2 rings (SSSR count). The first-order chi connectivity index (χ1) is 12.5. The van der Waals surface area contributed by atoms with Gasteiger partial charge in [0.05, 0.1) is 0 Å². The number of pyridine rings is 1. The molecule has 27 heavy (non-hydrogen) atoms. The molecule has 0 unspecified atom stereocenters. The van der Waals surface area contributed by atoms with Gasteiger partial charge in [-0.25, -0.2) is 18.3 Å². The van der Waals surface area contributed by atoms with Crippen molar-refractivity contribution in [2.45, 2.75) is 24.6 Å². The Morgan fingerprint density at radius 3 is 2.52 bits per heavy atom. The summed E-state index contributed by atoms with van der Waals surface area (Å²) in [5.74, 6) is -1.66. The highest BCUT2D eigenvalue weighted by Crippen LogP contribution is 2.25. The van der Waals surface area contributed by atoms with Crippen LogP contribution in [0.5, 0.6) is 0 Å². The first-order valence-corrected chi connectivity index (χ1v) is 10.1. The predicted octanol–water partition coefficient (Wildman–Crippen LogP) is 2.01. The molecule has 2 aromatic rings. The molecule has 0 radical (unpaired) electrons. The van der Waals surface area contributed by atoms with Gasteiger partial charge in [0.25, 0.3) is 11.5 Å². The van der Waals surface area contributed by atoms with Gasteiger partial charge >= 0.3 is 0 Å². The zero-order chi connectivity index (χ0) is 20.4. The minimum Gasteiger partial charge on any atom is -0.315 e. The van der Waals surface area contributed by atoms with Gasteiger partial charge in [0.1, 0.15) is 5.82 Å². The van der Waals surface area contributed by atoms with Gasteiger partial charge in [0.2, 0.25) is 0 Å². The van der Waals surface area contributed by atoms with Crippen LogP contribution in [0.2, 0.25) is 5.02 Å². The summed E-state index contributed by atoms with van der Waals surface area (Å²) in [5, 5.41) is 9.04. The number of nitrogens with one attached hydrogen (secondary N) is 1. The maximum Gasteiger partial charge on any atom is 0.264 e. The third-order valence-corrected chi connectivity index (χ3v) is 6.73. The molecule has 7 nitrogen and oxygen atoms in total. The van der Waals surface area contributed by atoms with Crippen LogP contribution in [-0.2, 0) is 21.2 Å². The number of sulfone groups is 1. The molecular formula is C17H18ClFN2O5S. The number of carbonyl (C=O) groups is 1. The van der Waals surface area contributed by atoms with Crippen molar-refractivity contribution in [1.29, 1.82) is 0 Å². The van der Waals surface area contributed by atoms with E-state index in [2.05, 4.69) is 0 Å². The fourth-order valence-corrected chi connectivity index (χ4v) is 3.51. The Morgan fingerprint density at radius 2 is 2.00 bits per heavy atom. The number of aromatic nitrogens is 1. The van der Waals surface area contributed by atoms with E-state index in [1.165, 1.54) is 40.5 Å². The van der Waals surface area contributed by atoms with Gasteiger partial charge in [-0.05, 0) is 43.2 Å². The molecular weight excluding hydrogens is 399 g/mol. The van der Waals surface area contributed by atoms with Crippen molar-refractivity contribution in [3.8, 4) is 11.1 Å². The minimum atomic E-state index is -3.87. The number of nitrogens with zero attached hydrogens (tertiary/aromatic N) is 1. The average molecular weight is 417 g/mol. The van der Waals surface area contributed by atoms with Crippen LogP contribution in [0.25, 0.3) is 11.1 Å². The van der Waals surface area contributed by atoms with Crippen LogP contribution in [-0.4, -0.2) is 35.1 Å². The van der Waals surface area contributed by atoms with Gasteiger partial charge < -0.3 is 4.57 Å². The molecule has 0 saturated carbocycles. The molecule has 0 saturated heterocycles. The Kier molecular flexibility index (Phi) is 6.08. The minimum absolute atomic E-state index is 0.0980. The van der Waals surface area contributed by atoms with Crippen LogP contribution in [0.15, 0.2) is 41.3 Å². The number of hydroxylamine groups is 1. The molecule has 0 aliphatic heterocycles. The summed E-state index contributed by atoms with van der Waals surface area (Å²) in [6, 6.07) is 6.78. The van der Waals surface area contributed by atoms with Crippen LogP contribution in [0.4, 0.5) is 4.39 Å². The quantitative estimate of drug-likeness (QED) is 0.553. The number of hydrogen-bond donors (Lipinski definition) is 2. The maximum atomic E-state index is 14.0. The summed E-state index contributed by atoms with van der Waals surface area (Å²) in [6.07, 6.45) is 2.01. The van der Waals surface area contributed by atoms with E-state index < -0.39 is 31.9 Å². The molecule has 0 spiro atoms. The van der Waals surface area contributed by atoms with E-state index >= 15 is 0 Å². The van der Waals surface area contributed by atoms with E-state index in [4.69, 9.17) is 16.8 Å². The molecule has 2 N–H and O–H groups in total. The third-order valence-electron chi connectivity index (χ3n) is 4.47. The number of carbonyl (C=O) groups excluding carboxylic acids is 1. The van der Waals surface area contributed by atoms with Gasteiger partial charge in [0, 0.05) is 35.6 Å². The van der Waals surface area contributed by atoms with E-state index in [0.717, 1.165) is 19.2 Å². The number of benzene rings is 1. The Morgan fingerprint density at radius 1 is 1.33 bits per heavy atom. The average Bonchev–Trinajstić information content (AvgIpc) is 2.58. The highest BCUT2D eigenvalue weighted by atomic mass is 35.5. The van der Waals surface area contributed by atoms with Gasteiger partial charge in [-0.3, -0.25) is 14.8 Å². The molecule has 1 amide bonds. The van der Waals surface area contributed by atoms with Crippen molar-refractivity contribution in [2.24, 2.45) is 0 Å². The van der Waals surface area contributed by atoms with Gasteiger partial charge in [-0.1, -0.05) is 11.6 Å². The predicted molar refractivity (Wildman–Crippen MR) is 98.9 cm³/mol. The van der Waals surface area contributed by atoms with Crippen molar-refractivity contribution in [3.63, 3.8) is 0 Å². The van der Waals surface area contributed by atoms with Crippen LogP contribution in [0.1, 0.15) is 13.3 Å². The summed E-state index contributed by atoms with van der Waals surface area (Å²) < 4.78 is 37.2. The molecule has 0 bridgehead atoms. The monoisotopic (exact) mass is 416 g/mol. The molecule has 1 atom stereocenters. The van der Waals surface area contributed by atoms with E-state index in [1.807, 2.05) is 0 Å². The van der Waals surface area contributed by atoms with Crippen molar-refractivity contribution in [3.05, 3.63) is 57.7 Å². The second kappa shape index (κ2) is 7.79. The lowest BCUT2D eigenvalue weighted by atomic mass is 10.1. The molecule has 0 aliphatic carbocycles. The zero-order valence-corrected chi connectivity index (χ0v) is 16.1. The summed E-state index contributed by atoms with van der Waals surface area (Å²) in [4.78, 5) is 24.1. The van der Waals surface area contributed by atoms with Crippen molar-refractivity contribution < 1.29 is 22.8 Å². The molecule has 146 valence electrons. The van der Waals surface area contributed by atoms with Crippen molar-refractivity contribution in [2.75, 3.05) is 6.26 Å². The lowest BCUT2D eigenvalue weighted by Crippen LogP contribution is -2.49. The molecule has 10 heteroatoms. The van der Waals surface area contributed by atoms with E-state index in [-0.39, 0.29) is 23.6 Å². The van der Waals surface area contributed by atoms with Gasteiger partial charge in [0.15, 0.2) is 14.6 Å². The molecule has 0 aliphatic rings. The van der Waals surface area contributed by atoms with E-state index in [1.54, 1.807) is 0 Å². The normalized spacial score (nSPS) is 13.8. The highest BCUT2D eigenvalue weighted by Gasteiger charge is 2.43. The lowest BCUT2D eigenvalue weighted by molar-refractivity contribution is -0.131. The lowest BCUT2D eigenvalue weighted by Gasteiger charge is -2.25. The van der Waals surface area contributed by atoms with Crippen LogP contribution in [0, 0.1) is 5.82 Å². The van der Waals surface area contributed by atoms with Crippen LogP contribution >= 0.6 is 11.6 Å². The SMILES string of the molecule is C[C@@](CCn1ccc(-c2ccc(Cl)cc2F)cc1=O)(C(=O)NO)S(C)(=O)=O. The molecule has 1 aromatic heterocycles. The van der Waals surface area contributed by atoms with Crippen LogP contribution in [0.3, 0.4) is 0 Å². The van der Waals surface area contributed by atoms with Gasteiger partial charge in [-0.15, -0.1) is 0 Å². The first kappa shape index (κ1) is 21.1. The van der Waals surface area contributed by atoms with Crippen molar-refractivity contribution in [1.82, 2.24) is 10.0 Å².